The van der Waals surface area contributed by atoms with E-state index in [1.807, 2.05) is 0 Å². The van der Waals surface area contributed by atoms with Crippen LogP contribution in [0.5, 0.6) is 17.2 Å². The number of carbonyl (C=O) groups is 3. The summed E-state index contributed by atoms with van der Waals surface area (Å²) in [4.78, 5) is 36.6. The Hall–Kier alpha value is -3.90. The van der Waals surface area contributed by atoms with Crippen molar-refractivity contribution in [2.75, 3.05) is 7.11 Å². The van der Waals surface area contributed by atoms with Crippen LogP contribution in [0.3, 0.4) is 0 Å². The number of carbonyl (C=O) groups excluding carboxylic acids is 3. The molecule has 0 spiro atoms. The maximum absolute atomic E-state index is 12.8. The smallest absolute Gasteiger partial charge is 0.347 e. The second-order valence-corrected chi connectivity index (χ2v) is 7.02. The number of hydrogen-bond acceptors (Lipinski definition) is 6. The van der Waals surface area contributed by atoms with Crippen LogP contribution in [0, 0.1) is 0 Å². The highest BCUT2D eigenvalue weighted by molar-refractivity contribution is 6.30. The minimum absolute atomic E-state index is 0.0812. The van der Waals surface area contributed by atoms with E-state index in [4.69, 9.17) is 25.8 Å². The Kier molecular flexibility index (Phi) is 7.41. The van der Waals surface area contributed by atoms with Gasteiger partial charge in [-0.2, -0.15) is 0 Å². The van der Waals surface area contributed by atoms with Gasteiger partial charge in [0, 0.05) is 29.1 Å². The minimum Gasteiger partial charge on any atom is -0.497 e. The molecule has 0 bridgehead atoms. The van der Waals surface area contributed by atoms with Crippen LogP contribution in [-0.2, 0) is 4.79 Å². The summed E-state index contributed by atoms with van der Waals surface area (Å²) in [5.74, 6) is -0.808. The predicted octanol–water partition coefficient (Wildman–Crippen LogP) is 5.39. The lowest BCUT2D eigenvalue weighted by molar-refractivity contribution is -0.131. The van der Waals surface area contributed by atoms with Crippen molar-refractivity contribution >= 4 is 35.4 Å². The zero-order valence-electron chi connectivity index (χ0n) is 17.3. The van der Waals surface area contributed by atoms with Crippen LogP contribution >= 0.6 is 11.6 Å². The van der Waals surface area contributed by atoms with Gasteiger partial charge in [0.25, 0.3) is 0 Å². The number of benzene rings is 3. The van der Waals surface area contributed by atoms with E-state index < -0.39 is 11.9 Å². The lowest BCUT2D eigenvalue weighted by Gasteiger charge is -2.11. The summed E-state index contributed by atoms with van der Waals surface area (Å²) in [5.41, 5.74) is 1.03. The number of hydrogen-bond donors (Lipinski definition) is 0. The van der Waals surface area contributed by atoms with Crippen LogP contribution in [0.25, 0.3) is 6.08 Å². The molecule has 0 aliphatic rings. The number of ether oxygens (including phenoxy) is 3. The van der Waals surface area contributed by atoms with Crippen molar-refractivity contribution in [2.24, 2.45) is 0 Å². The van der Waals surface area contributed by atoms with Gasteiger partial charge in [0.15, 0.2) is 5.78 Å². The number of halogens is 1. The van der Waals surface area contributed by atoms with Crippen molar-refractivity contribution in [3.63, 3.8) is 0 Å². The maximum atomic E-state index is 12.8. The van der Waals surface area contributed by atoms with Crippen molar-refractivity contribution in [1.82, 2.24) is 0 Å². The fourth-order valence-corrected chi connectivity index (χ4v) is 2.90. The highest BCUT2D eigenvalue weighted by Gasteiger charge is 2.17. The normalized spacial score (nSPS) is 10.6. The van der Waals surface area contributed by atoms with Crippen molar-refractivity contribution in [2.45, 2.75) is 6.92 Å². The number of allylic oxidation sites excluding steroid dienone is 1. The molecule has 3 aromatic rings. The summed E-state index contributed by atoms with van der Waals surface area (Å²) in [7, 11) is 1.48. The number of rotatable bonds is 7. The van der Waals surface area contributed by atoms with E-state index in [9.17, 15) is 14.4 Å². The van der Waals surface area contributed by atoms with Gasteiger partial charge in [-0.3, -0.25) is 9.59 Å². The molecule has 162 valence electrons. The molecule has 0 atom stereocenters. The SMILES string of the molecule is COc1ccc(/C=C/C(=O)c2ccc(Cl)cc2)c(OC(=O)c2ccccc2OC(C)=O)c1. The van der Waals surface area contributed by atoms with Crippen LogP contribution in [-0.4, -0.2) is 24.8 Å². The molecule has 6 nitrogen and oxygen atoms in total. The highest BCUT2D eigenvalue weighted by atomic mass is 35.5. The van der Waals surface area contributed by atoms with Crippen molar-refractivity contribution in [3.05, 3.63) is 94.5 Å². The van der Waals surface area contributed by atoms with Gasteiger partial charge < -0.3 is 14.2 Å². The number of para-hydroxylation sites is 1. The van der Waals surface area contributed by atoms with Crippen LogP contribution in [0.2, 0.25) is 5.02 Å². The van der Waals surface area contributed by atoms with Gasteiger partial charge in [0.1, 0.15) is 22.8 Å². The first-order valence-corrected chi connectivity index (χ1v) is 9.91. The van der Waals surface area contributed by atoms with Gasteiger partial charge in [-0.15, -0.1) is 0 Å². The lowest BCUT2D eigenvalue weighted by Crippen LogP contribution is -2.13. The topological polar surface area (TPSA) is 78.9 Å². The monoisotopic (exact) mass is 450 g/mol. The van der Waals surface area contributed by atoms with Gasteiger partial charge in [0.05, 0.1) is 7.11 Å². The van der Waals surface area contributed by atoms with Crippen molar-refractivity contribution in [3.8, 4) is 17.2 Å². The third-order valence-corrected chi connectivity index (χ3v) is 4.58. The fraction of sp³-hybridized carbons (Fsp3) is 0.0800. The second kappa shape index (κ2) is 10.4. The van der Waals surface area contributed by atoms with Crippen molar-refractivity contribution in [1.29, 1.82) is 0 Å². The first-order chi connectivity index (χ1) is 15.4. The maximum Gasteiger partial charge on any atom is 0.347 e. The summed E-state index contributed by atoms with van der Waals surface area (Å²) in [6, 6.07) is 17.6. The molecule has 0 aliphatic heterocycles. The van der Waals surface area contributed by atoms with Crippen molar-refractivity contribution < 1.29 is 28.6 Å². The van der Waals surface area contributed by atoms with Crippen LogP contribution in [0.1, 0.15) is 33.2 Å². The van der Waals surface area contributed by atoms with Gasteiger partial charge in [-0.25, -0.2) is 4.79 Å². The molecule has 0 radical (unpaired) electrons. The molecule has 0 N–H and O–H groups in total. The second-order valence-electron chi connectivity index (χ2n) is 6.59. The van der Waals surface area contributed by atoms with Crippen LogP contribution in [0.15, 0.2) is 72.8 Å². The summed E-state index contributed by atoms with van der Waals surface area (Å²) >= 11 is 5.86. The molecular formula is C25H19ClO6. The molecule has 0 heterocycles. The van der Waals surface area contributed by atoms with E-state index in [1.54, 1.807) is 48.5 Å². The Morgan fingerprint density at radius 1 is 0.875 bits per heavy atom. The van der Waals surface area contributed by atoms with E-state index in [-0.39, 0.29) is 22.8 Å². The largest absolute Gasteiger partial charge is 0.497 e. The molecule has 0 fully saturated rings. The first kappa shape index (κ1) is 22.8. The third kappa shape index (κ3) is 5.83. The molecular weight excluding hydrogens is 432 g/mol. The molecule has 0 aromatic heterocycles. The molecule has 3 rings (SSSR count). The molecule has 7 heteroatoms. The highest BCUT2D eigenvalue weighted by Crippen LogP contribution is 2.28. The predicted molar refractivity (Wildman–Crippen MR) is 121 cm³/mol. The summed E-state index contributed by atoms with van der Waals surface area (Å²) in [5, 5.41) is 0.531. The Morgan fingerprint density at radius 3 is 2.28 bits per heavy atom. The van der Waals surface area contributed by atoms with E-state index in [0.29, 0.717) is 21.9 Å². The molecule has 0 saturated heterocycles. The third-order valence-electron chi connectivity index (χ3n) is 4.33. The van der Waals surface area contributed by atoms with Gasteiger partial charge in [0.2, 0.25) is 0 Å². The van der Waals surface area contributed by atoms with Crippen LogP contribution < -0.4 is 14.2 Å². The summed E-state index contributed by atoms with van der Waals surface area (Å²) in [6.45, 7) is 1.24. The fourth-order valence-electron chi connectivity index (χ4n) is 2.78. The summed E-state index contributed by atoms with van der Waals surface area (Å²) in [6.07, 6.45) is 2.91. The van der Waals surface area contributed by atoms with Gasteiger partial charge in [-0.1, -0.05) is 23.7 Å². The Morgan fingerprint density at radius 2 is 1.59 bits per heavy atom. The first-order valence-electron chi connectivity index (χ1n) is 9.53. The molecule has 3 aromatic carbocycles. The Labute approximate surface area is 190 Å². The number of esters is 2. The zero-order chi connectivity index (χ0) is 23.1. The molecule has 0 amide bonds. The lowest BCUT2D eigenvalue weighted by atomic mass is 10.1. The number of methoxy groups -OCH3 is 1. The number of ketones is 1. The molecule has 0 saturated carbocycles. The average Bonchev–Trinajstić information content (AvgIpc) is 2.78. The minimum atomic E-state index is -0.728. The molecule has 0 unspecified atom stereocenters. The summed E-state index contributed by atoms with van der Waals surface area (Å²) < 4.78 is 15.9. The average molecular weight is 451 g/mol. The van der Waals surface area contributed by atoms with Gasteiger partial charge >= 0.3 is 11.9 Å². The van der Waals surface area contributed by atoms with Gasteiger partial charge in [-0.05, 0) is 60.7 Å². The Bertz CT molecular complexity index is 1180. The zero-order valence-corrected chi connectivity index (χ0v) is 18.1. The molecule has 32 heavy (non-hydrogen) atoms. The quantitative estimate of drug-likeness (QED) is 0.208. The van der Waals surface area contributed by atoms with E-state index in [1.165, 1.54) is 44.4 Å². The standard InChI is InChI=1S/C25H19ClO6/c1-16(27)31-23-6-4-3-5-21(23)25(29)32-24-15-20(30-2)13-9-18(24)10-14-22(28)17-7-11-19(26)12-8-17/h3-15H,1-2H3/b14-10+. The Balaban J connectivity index is 1.88. The van der Waals surface area contributed by atoms with E-state index in [2.05, 4.69) is 0 Å². The van der Waals surface area contributed by atoms with E-state index in [0.717, 1.165) is 0 Å². The molecule has 0 aliphatic carbocycles. The van der Waals surface area contributed by atoms with Crippen LogP contribution in [0.4, 0.5) is 0 Å². The van der Waals surface area contributed by atoms with E-state index >= 15 is 0 Å².